The monoisotopic (exact) mass is 417 g/mol. The predicted octanol–water partition coefficient (Wildman–Crippen LogP) is 4.18. The van der Waals surface area contributed by atoms with Gasteiger partial charge in [0.15, 0.2) is 0 Å². The molecule has 3 fully saturated rings. The summed E-state index contributed by atoms with van der Waals surface area (Å²) in [7, 11) is 0. The van der Waals surface area contributed by atoms with Crippen molar-refractivity contribution in [1.29, 1.82) is 0 Å². The van der Waals surface area contributed by atoms with Gasteiger partial charge in [-0.15, -0.1) is 11.3 Å². The number of fused-ring (bicyclic) bond motifs is 1. The Kier molecular flexibility index (Phi) is 5.59. The molecular weight excluding hydrogens is 386 g/mol. The van der Waals surface area contributed by atoms with E-state index in [0.29, 0.717) is 12.5 Å². The first-order valence-corrected chi connectivity index (χ1v) is 12.4. The van der Waals surface area contributed by atoms with Crippen molar-refractivity contribution >= 4 is 22.9 Å². The summed E-state index contributed by atoms with van der Waals surface area (Å²) in [5.74, 6) is 1.40. The number of rotatable bonds is 6. The third-order valence-corrected chi connectivity index (χ3v) is 9.11. The molecule has 3 aliphatic rings. The lowest BCUT2D eigenvalue weighted by Crippen LogP contribution is -2.36. The second kappa shape index (κ2) is 8.15. The maximum Gasteiger partial charge on any atom is 0.0515 e. The van der Waals surface area contributed by atoms with Gasteiger partial charge < -0.3 is 5.11 Å². The van der Waals surface area contributed by atoms with Gasteiger partial charge in [0, 0.05) is 65.5 Å². The van der Waals surface area contributed by atoms with Gasteiger partial charge in [-0.25, -0.2) is 4.37 Å². The molecule has 2 aromatic heterocycles. The number of likely N-dealkylation sites (tertiary alicyclic amines) is 2. The van der Waals surface area contributed by atoms with Crippen LogP contribution in [0.25, 0.3) is 0 Å². The lowest BCUT2D eigenvalue weighted by molar-refractivity contribution is 0.111. The van der Waals surface area contributed by atoms with Crippen molar-refractivity contribution in [2.45, 2.75) is 51.1 Å². The van der Waals surface area contributed by atoms with E-state index in [0.717, 1.165) is 45.2 Å². The molecule has 0 amide bonds. The molecule has 0 spiro atoms. The molecule has 2 saturated heterocycles. The number of nitrogens with zero attached hydrogens (tertiary/aromatic N) is 3. The molecule has 4 nitrogen and oxygen atoms in total. The van der Waals surface area contributed by atoms with E-state index < -0.39 is 0 Å². The Morgan fingerprint density at radius 1 is 1.00 bits per heavy atom. The van der Waals surface area contributed by atoms with E-state index >= 15 is 0 Å². The number of hydrogen-bond donors (Lipinski definition) is 1. The van der Waals surface area contributed by atoms with E-state index in [1.165, 1.54) is 41.9 Å². The van der Waals surface area contributed by atoms with Crippen LogP contribution in [-0.4, -0.2) is 52.1 Å². The lowest BCUT2D eigenvalue weighted by atomic mass is 9.82. The van der Waals surface area contributed by atoms with Crippen LogP contribution in [0.2, 0.25) is 0 Å². The van der Waals surface area contributed by atoms with Gasteiger partial charge in [-0.1, -0.05) is 19.3 Å². The van der Waals surface area contributed by atoms with E-state index in [1.807, 2.05) is 17.5 Å². The van der Waals surface area contributed by atoms with Crippen molar-refractivity contribution in [3.8, 4) is 0 Å². The molecule has 1 aliphatic carbocycles. The minimum atomic E-state index is 0.0636. The van der Waals surface area contributed by atoms with Crippen molar-refractivity contribution < 1.29 is 5.11 Å². The Morgan fingerprint density at radius 3 is 2.39 bits per heavy atom. The number of hydrogen-bond acceptors (Lipinski definition) is 6. The number of aliphatic hydroxyl groups is 1. The van der Waals surface area contributed by atoms with E-state index in [-0.39, 0.29) is 5.41 Å². The standard InChI is InChI=1S/C22H31N3OS2/c26-16-22-14-24(10-18(22)11-25(15-22)13-20-8-9-23-28-20)12-19-6-7-21(27-19)17-4-2-1-3-5-17/h6-9,17-18,26H,1-5,10-16H2. The van der Waals surface area contributed by atoms with Gasteiger partial charge in [-0.05, 0) is 54.4 Å². The second-order valence-corrected chi connectivity index (χ2v) is 11.3. The summed E-state index contributed by atoms with van der Waals surface area (Å²) in [4.78, 5) is 9.58. The van der Waals surface area contributed by atoms with Crippen LogP contribution in [0.3, 0.4) is 0 Å². The molecule has 4 heterocycles. The van der Waals surface area contributed by atoms with E-state index in [2.05, 4.69) is 32.4 Å². The SMILES string of the molecule is OCC12CN(Cc3ccns3)CC1CN(Cc1ccc(C3CCCCC3)s1)C2. The summed E-state index contributed by atoms with van der Waals surface area (Å²) in [6, 6.07) is 6.88. The van der Waals surface area contributed by atoms with E-state index in [4.69, 9.17) is 0 Å². The van der Waals surface area contributed by atoms with Gasteiger partial charge in [0.1, 0.15) is 0 Å². The van der Waals surface area contributed by atoms with Gasteiger partial charge in [0.05, 0.1) is 6.61 Å². The van der Waals surface area contributed by atoms with Crippen LogP contribution in [0.5, 0.6) is 0 Å². The summed E-state index contributed by atoms with van der Waals surface area (Å²) in [5.41, 5.74) is 0.0636. The highest BCUT2D eigenvalue weighted by Gasteiger charge is 2.51. The quantitative estimate of drug-likeness (QED) is 0.765. The number of aliphatic hydroxyl groups excluding tert-OH is 1. The number of aromatic nitrogens is 1. The summed E-state index contributed by atoms with van der Waals surface area (Å²) in [5, 5.41) is 10.3. The van der Waals surface area contributed by atoms with Crippen molar-refractivity contribution in [2.75, 3.05) is 32.8 Å². The first kappa shape index (κ1) is 19.2. The fourth-order valence-corrected chi connectivity index (χ4v) is 7.56. The highest BCUT2D eigenvalue weighted by atomic mass is 32.1. The maximum atomic E-state index is 10.3. The zero-order valence-electron chi connectivity index (χ0n) is 16.6. The molecule has 2 unspecified atom stereocenters. The van der Waals surface area contributed by atoms with Gasteiger partial charge >= 0.3 is 0 Å². The first-order chi connectivity index (χ1) is 13.7. The Balaban J connectivity index is 1.20. The van der Waals surface area contributed by atoms with Crippen LogP contribution >= 0.6 is 22.9 Å². The molecule has 6 heteroatoms. The van der Waals surface area contributed by atoms with Gasteiger partial charge in [0.25, 0.3) is 0 Å². The first-order valence-electron chi connectivity index (χ1n) is 10.8. The van der Waals surface area contributed by atoms with Crippen LogP contribution < -0.4 is 0 Å². The Morgan fingerprint density at radius 2 is 1.75 bits per heavy atom. The Hall–Kier alpha value is -0.790. The summed E-state index contributed by atoms with van der Waals surface area (Å²) >= 11 is 3.64. The van der Waals surface area contributed by atoms with Crippen LogP contribution in [0, 0.1) is 11.3 Å². The molecule has 2 aliphatic heterocycles. The largest absolute Gasteiger partial charge is 0.396 e. The third-order valence-electron chi connectivity index (χ3n) is 7.16. The molecule has 2 atom stereocenters. The van der Waals surface area contributed by atoms with Crippen LogP contribution in [0.4, 0.5) is 0 Å². The molecule has 2 aromatic rings. The van der Waals surface area contributed by atoms with Crippen molar-refractivity contribution in [3.63, 3.8) is 0 Å². The van der Waals surface area contributed by atoms with Crippen LogP contribution in [0.15, 0.2) is 24.4 Å². The highest BCUT2D eigenvalue weighted by molar-refractivity contribution is 7.12. The Labute approximate surface area is 176 Å². The third kappa shape index (κ3) is 3.82. The van der Waals surface area contributed by atoms with Gasteiger partial charge in [-0.3, -0.25) is 9.80 Å². The molecule has 1 N–H and O–H groups in total. The fraction of sp³-hybridized carbons (Fsp3) is 0.682. The Bertz CT molecular complexity index is 771. The molecule has 5 rings (SSSR count). The smallest absolute Gasteiger partial charge is 0.0515 e. The lowest BCUT2D eigenvalue weighted by Gasteiger charge is -2.27. The van der Waals surface area contributed by atoms with Crippen molar-refractivity contribution in [3.05, 3.63) is 39.0 Å². The zero-order chi connectivity index (χ0) is 19.0. The summed E-state index contributed by atoms with van der Waals surface area (Å²) in [6.07, 6.45) is 8.89. The summed E-state index contributed by atoms with van der Waals surface area (Å²) in [6.45, 7) is 6.63. The molecule has 0 bridgehead atoms. The average Bonchev–Trinajstić information content (AvgIpc) is 3.47. The fourth-order valence-electron chi connectivity index (χ4n) is 5.72. The van der Waals surface area contributed by atoms with Crippen LogP contribution in [0.1, 0.15) is 52.7 Å². The minimum Gasteiger partial charge on any atom is -0.396 e. The topological polar surface area (TPSA) is 39.6 Å². The summed E-state index contributed by atoms with van der Waals surface area (Å²) < 4.78 is 4.23. The normalized spacial score (nSPS) is 29.5. The highest BCUT2D eigenvalue weighted by Crippen LogP contribution is 2.44. The molecule has 0 aromatic carbocycles. The van der Waals surface area contributed by atoms with Crippen LogP contribution in [-0.2, 0) is 13.1 Å². The molecule has 0 radical (unpaired) electrons. The minimum absolute atomic E-state index is 0.0636. The predicted molar refractivity (Wildman–Crippen MR) is 116 cm³/mol. The molecular formula is C22H31N3OS2. The van der Waals surface area contributed by atoms with E-state index in [9.17, 15) is 5.11 Å². The molecule has 28 heavy (non-hydrogen) atoms. The zero-order valence-corrected chi connectivity index (χ0v) is 18.2. The second-order valence-electron chi connectivity index (χ2n) is 9.17. The van der Waals surface area contributed by atoms with Gasteiger partial charge in [0.2, 0.25) is 0 Å². The van der Waals surface area contributed by atoms with Crippen molar-refractivity contribution in [1.82, 2.24) is 14.2 Å². The van der Waals surface area contributed by atoms with Crippen molar-refractivity contribution in [2.24, 2.45) is 11.3 Å². The van der Waals surface area contributed by atoms with E-state index in [1.54, 1.807) is 16.4 Å². The average molecular weight is 418 g/mol. The molecule has 1 saturated carbocycles. The maximum absolute atomic E-state index is 10.3. The number of thiophene rings is 1. The van der Waals surface area contributed by atoms with Gasteiger partial charge in [-0.2, -0.15) is 0 Å². The molecule has 152 valence electrons.